The van der Waals surface area contributed by atoms with E-state index in [0.717, 1.165) is 103 Å². The van der Waals surface area contributed by atoms with E-state index < -0.39 is 6.10 Å². The highest BCUT2D eigenvalue weighted by Gasteiger charge is 2.19. The Morgan fingerprint density at radius 3 is 0.803 bits per heavy atom. The molecule has 0 aliphatic rings. The van der Waals surface area contributed by atoms with Gasteiger partial charge in [0.15, 0.2) is 6.10 Å². The Morgan fingerprint density at radius 1 is 0.276 bits per heavy atom. The number of carbonyl (C=O) groups excluding carboxylic acids is 3. The summed E-state index contributed by atoms with van der Waals surface area (Å²) in [4.78, 5) is 38.3. The van der Waals surface area contributed by atoms with Gasteiger partial charge < -0.3 is 14.2 Å². The molecular weight excluding hydrogens is 937 g/mol. The zero-order valence-electron chi connectivity index (χ0n) is 50.5. The van der Waals surface area contributed by atoms with Gasteiger partial charge in [-0.25, -0.2) is 0 Å². The molecule has 0 N–H and O–H groups in total. The van der Waals surface area contributed by atoms with Crippen molar-refractivity contribution in [3.63, 3.8) is 0 Å². The Balaban J connectivity index is 4.28. The first-order valence-electron chi connectivity index (χ1n) is 32.9. The van der Waals surface area contributed by atoms with Crippen molar-refractivity contribution in [1.82, 2.24) is 0 Å². The van der Waals surface area contributed by atoms with Gasteiger partial charge in [0.1, 0.15) is 13.2 Å². The second kappa shape index (κ2) is 64.4. The quantitative estimate of drug-likeness (QED) is 0.0261. The first-order chi connectivity index (χ1) is 37.5. The summed E-state index contributed by atoms with van der Waals surface area (Å²) in [5.74, 6) is -0.873. The lowest BCUT2D eigenvalue weighted by Crippen LogP contribution is -2.30. The minimum atomic E-state index is -0.779. The number of unbranched alkanes of at least 4 members (excludes halogenated alkanes) is 37. The van der Waals surface area contributed by atoms with E-state index in [1.807, 2.05) is 0 Å². The van der Waals surface area contributed by atoms with Gasteiger partial charge in [0.25, 0.3) is 0 Å². The fraction of sp³-hybridized carbons (Fsp3) is 0.786. The van der Waals surface area contributed by atoms with Crippen molar-refractivity contribution in [2.24, 2.45) is 0 Å². The van der Waals surface area contributed by atoms with Crippen molar-refractivity contribution < 1.29 is 28.6 Å². The van der Waals surface area contributed by atoms with Crippen LogP contribution in [0.25, 0.3) is 0 Å². The van der Waals surface area contributed by atoms with Gasteiger partial charge in [0, 0.05) is 19.3 Å². The number of carbonyl (C=O) groups is 3. The molecule has 440 valence electrons. The fourth-order valence-electron chi connectivity index (χ4n) is 9.57. The van der Waals surface area contributed by atoms with Crippen LogP contribution in [0.2, 0.25) is 0 Å². The second-order valence-corrected chi connectivity index (χ2v) is 22.0. The number of esters is 3. The molecule has 0 aliphatic heterocycles. The van der Waals surface area contributed by atoms with Gasteiger partial charge in [0.05, 0.1) is 0 Å². The summed E-state index contributed by atoms with van der Waals surface area (Å²) in [5.41, 5.74) is 0. The topological polar surface area (TPSA) is 78.9 Å². The zero-order chi connectivity index (χ0) is 55.0. The Morgan fingerprint density at radius 2 is 0.513 bits per heavy atom. The van der Waals surface area contributed by atoms with Crippen molar-refractivity contribution >= 4 is 17.9 Å². The first-order valence-corrected chi connectivity index (χ1v) is 32.9. The Hall–Kier alpha value is -3.15. The highest BCUT2D eigenvalue weighted by Crippen LogP contribution is 2.17. The fourth-order valence-corrected chi connectivity index (χ4v) is 9.57. The SMILES string of the molecule is CC/C=C\C/C=C\C/C=C\C/C=C\C/C=C\C/C=C\CCCCCCCCC(=O)OCC(COC(=O)CCCCCCCCCCCCC)OC(=O)CCCCCCCCCCCCCCCCCCCCCCCC. The minimum absolute atomic E-state index is 0.0756. The van der Waals surface area contributed by atoms with Gasteiger partial charge in [-0.1, -0.05) is 318 Å². The Labute approximate surface area is 472 Å². The molecule has 0 saturated carbocycles. The molecule has 1 atom stereocenters. The van der Waals surface area contributed by atoms with Crippen LogP contribution >= 0.6 is 0 Å². The second-order valence-electron chi connectivity index (χ2n) is 22.0. The normalized spacial score (nSPS) is 12.5. The molecule has 0 aromatic carbocycles. The third-order valence-electron chi connectivity index (χ3n) is 14.5. The third-order valence-corrected chi connectivity index (χ3v) is 14.5. The Bertz CT molecular complexity index is 1400. The van der Waals surface area contributed by atoms with Crippen LogP contribution in [0.15, 0.2) is 72.9 Å². The van der Waals surface area contributed by atoms with Gasteiger partial charge in [-0.2, -0.15) is 0 Å². The molecule has 0 bridgehead atoms. The first kappa shape index (κ1) is 72.8. The number of ether oxygens (including phenoxy) is 3. The predicted molar refractivity (Wildman–Crippen MR) is 330 cm³/mol. The average Bonchev–Trinajstić information content (AvgIpc) is 3.42. The molecule has 0 rings (SSSR count). The van der Waals surface area contributed by atoms with E-state index in [-0.39, 0.29) is 31.1 Å². The number of allylic oxidation sites excluding steroid dienone is 12. The maximum Gasteiger partial charge on any atom is 0.306 e. The Kier molecular flexibility index (Phi) is 61.7. The molecule has 0 fully saturated rings. The monoisotopic (exact) mass is 1060 g/mol. The molecule has 0 radical (unpaired) electrons. The molecular formula is C70H124O6. The smallest absolute Gasteiger partial charge is 0.306 e. The van der Waals surface area contributed by atoms with Crippen LogP contribution < -0.4 is 0 Å². The summed E-state index contributed by atoms with van der Waals surface area (Å²) in [6.45, 7) is 6.55. The van der Waals surface area contributed by atoms with E-state index in [1.54, 1.807) is 0 Å². The van der Waals surface area contributed by atoms with Crippen molar-refractivity contribution in [1.29, 1.82) is 0 Å². The van der Waals surface area contributed by atoms with E-state index >= 15 is 0 Å². The van der Waals surface area contributed by atoms with Gasteiger partial charge in [-0.15, -0.1) is 0 Å². The molecule has 0 aliphatic carbocycles. The highest BCUT2D eigenvalue weighted by molar-refractivity contribution is 5.71. The van der Waals surface area contributed by atoms with Crippen LogP contribution in [0.4, 0.5) is 0 Å². The van der Waals surface area contributed by atoms with Gasteiger partial charge in [-0.3, -0.25) is 14.4 Å². The molecule has 0 aromatic rings. The molecule has 0 amide bonds. The summed E-state index contributed by atoms with van der Waals surface area (Å²) >= 11 is 0. The maximum absolute atomic E-state index is 12.9. The summed E-state index contributed by atoms with van der Waals surface area (Å²) in [6.07, 6.45) is 83.4. The van der Waals surface area contributed by atoms with Crippen LogP contribution in [-0.2, 0) is 28.6 Å². The molecule has 1 unspecified atom stereocenters. The van der Waals surface area contributed by atoms with Crippen molar-refractivity contribution in [2.45, 2.75) is 341 Å². The third kappa shape index (κ3) is 61.7. The average molecular weight is 1060 g/mol. The highest BCUT2D eigenvalue weighted by atomic mass is 16.6. The predicted octanol–water partition coefficient (Wildman–Crippen LogP) is 22.5. The minimum Gasteiger partial charge on any atom is -0.462 e. The summed E-state index contributed by atoms with van der Waals surface area (Å²) in [7, 11) is 0. The summed E-state index contributed by atoms with van der Waals surface area (Å²) in [5, 5.41) is 0. The van der Waals surface area contributed by atoms with Crippen LogP contribution in [0, 0.1) is 0 Å². The van der Waals surface area contributed by atoms with E-state index in [9.17, 15) is 14.4 Å². The van der Waals surface area contributed by atoms with Crippen LogP contribution in [-0.4, -0.2) is 37.2 Å². The molecule has 0 aromatic heterocycles. The van der Waals surface area contributed by atoms with Crippen LogP contribution in [0.3, 0.4) is 0 Å². The van der Waals surface area contributed by atoms with Gasteiger partial charge in [0.2, 0.25) is 0 Å². The molecule has 0 spiro atoms. The zero-order valence-corrected chi connectivity index (χ0v) is 50.5. The standard InChI is InChI=1S/C70H124O6/c1-4-7-10-13-16-19-22-24-26-28-30-32-34-35-36-38-39-41-43-45-48-51-54-57-60-63-69(72)75-66-67(65-74-68(71)62-59-56-53-50-47-21-18-15-12-9-6-3)76-70(73)64-61-58-55-52-49-46-44-42-40-37-33-31-29-27-25-23-20-17-14-11-8-5-2/h7,10,16,19,24,26,30,32,35-36,39,41,67H,4-6,8-9,11-15,17-18,20-23,25,27-29,31,33-34,37-38,40,42-66H2,1-3H3/b10-7-,19-16-,26-24-,32-30-,36-35-,41-39-. The van der Waals surface area contributed by atoms with Gasteiger partial charge >= 0.3 is 17.9 Å². The molecule has 76 heavy (non-hydrogen) atoms. The van der Waals surface area contributed by atoms with Crippen molar-refractivity contribution in [2.75, 3.05) is 13.2 Å². The maximum atomic E-state index is 12.9. The lowest BCUT2D eigenvalue weighted by molar-refractivity contribution is -0.167. The lowest BCUT2D eigenvalue weighted by Gasteiger charge is -2.18. The van der Waals surface area contributed by atoms with E-state index in [4.69, 9.17) is 14.2 Å². The number of hydrogen-bond acceptors (Lipinski definition) is 6. The van der Waals surface area contributed by atoms with Crippen LogP contribution in [0.5, 0.6) is 0 Å². The van der Waals surface area contributed by atoms with E-state index in [2.05, 4.69) is 93.7 Å². The van der Waals surface area contributed by atoms with E-state index in [0.29, 0.717) is 19.3 Å². The van der Waals surface area contributed by atoms with Crippen LogP contribution in [0.1, 0.15) is 335 Å². The molecule has 0 heterocycles. The van der Waals surface area contributed by atoms with Crippen molar-refractivity contribution in [3.8, 4) is 0 Å². The van der Waals surface area contributed by atoms with E-state index in [1.165, 1.54) is 193 Å². The summed E-state index contributed by atoms with van der Waals surface area (Å²) in [6, 6.07) is 0. The largest absolute Gasteiger partial charge is 0.462 e. The summed E-state index contributed by atoms with van der Waals surface area (Å²) < 4.78 is 16.9. The molecule has 6 heteroatoms. The molecule has 6 nitrogen and oxygen atoms in total. The number of rotatable bonds is 60. The van der Waals surface area contributed by atoms with Crippen molar-refractivity contribution in [3.05, 3.63) is 72.9 Å². The molecule has 0 saturated heterocycles. The van der Waals surface area contributed by atoms with Gasteiger partial charge in [-0.05, 0) is 70.6 Å². The lowest BCUT2D eigenvalue weighted by atomic mass is 10.0. The number of hydrogen-bond donors (Lipinski definition) is 0.